The van der Waals surface area contributed by atoms with Crippen LogP contribution in [0.3, 0.4) is 0 Å². The van der Waals surface area contributed by atoms with Crippen molar-refractivity contribution in [3.63, 3.8) is 0 Å². The van der Waals surface area contributed by atoms with Gasteiger partial charge in [-0.25, -0.2) is 9.97 Å². The highest BCUT2D eigenvalue weighted by atomic mass is 16.2. The van der Waals surface area contributed by atoms with Gasteiger partial charge in [0.05, 0.1) is 12.1 Å². The van der Waals surface area contributed by atoms with Gasteiger partial charge in [-0.05, 0) is 38.4 Å². The Hall–Kier alpha value is -2.21. The molecule has 1 aromatic heterocycles. The van der Waals surface area contributed by atoms with Crippen LogP contribution in [0, 0.1) is 0 Å². The molecule has 27 heavy (non-hydrogen) atoms. The van der Waals surface area contributed by atoms with Crippen molar-refractivity contribution >= 4 is 22.6 Å². The first kappa shape index (κ1) is 18.2. The Kier molecular flexibility index (Phi) is 5.25. The molecule has 2 saturated heterocycles. The van der Waals surface area contributed by atoms with Crippen molar-refractivity contribution in [2.75, 3.05) is 37.6 Å². The first-order valence-corrected chi connectivity index (χ1v) is 10.1. The lowest BCUT2D eigenvalue weighted by Crippen LogP contribution is -2.48. The molecule has 1 atom stereocenters. The van der Waals surface area contributed by atoms with Crippen LogP contribution in [0.25, 0.3) is 10.9 Å². The predicted octanol–water partition coefficient (Wildman–Crippen LogP) is 2.67. The molecule has 3 heterocycles. The fourth-order valence-electron chi connectivity index (χ4n) is 4.23. The van der Waals surface area contributed by atoms with Crippen molar-refractivity contribution in [1.29, 1.82) is 0 Å². The van der Waals surface area contributed by atoms with E-state index in [4.69, 9.17) is 9.97 Å². The van der Waals surface area contributed by atoms with Crippen LogP contribution in [0.4, 0.5) is 5.82 Å². The third kappa shape index (κ3) is 3.90. The van der Waals surface area contributed by atoms with E-state index in [-0.39, 0.29) is 5.91 Å². The monoisotopic (exact) mass is 367 g/mol. The number of aromatic nitrogens is 2. The molecule has 6 nitrogen and oxygen atoms in total. The van der Waals surface area contributed by atoms with Crippen molar-refractivity contribution in [1.82, 2.24) is 19.8 Å². The van der Waals surface area contributed by atoms with Crippen molar-refractivity contribution < 1.29 is 4.79 Å². The fourth-order valence-corrected chi connectivity index (χ4v) is 4.23. The molecule has 144 valence electrons. The summed E-state index contributed by atoms with van der Waals surface area (Å²) in [4.78, 5) is 28.2. The van der Waals surface area contributed by atoms with E-state index in [1.807, 2.05) is 17.0 Å². The van der Waals surface area contributed by atoms with E-state index in [2.05, 4.69) is 28.9 Å². The van der Waals surface area contributed by atoms with E-state index < -0.39 is 0 Å². The number of hydrogen-bond donors (Lipinski definition) is 0. The second-order valence-corrected chi connectivity index (χ2v) is 7.79. The summed E-state index contributed by atoms with van der Waals surface area (Å²) in [6.45, 7) is 9.05. The lowest BCUT2D eigenvalue weighted by Gasteiger charge is -2.36. The van der Waals surface area contributed by atoms with Gasteiger partial charge in [-0.3, -0.25) is 9.69 Å². The number of carbonyl (C=O) groups is 1. The summed E-state index contributed by atoms with van der Waals surface area (Å²) in [5, 5.41) is 1.10. The second-order valence-electron chi connectivity index (χ2n) is 7.79. The molecule has 1 aromatic carbocycles. The molecule has 0 bridgehead atoms. The highest BCUT2D eigenvalue weighted by Gasteiger charge is 2.24. The summed E-state index contributed by atoms with van der Waals surface area (Å²) in [7, 11) is 0. The number of rotatable bonds is 3. The maximum absolute atomic E-state index is 11.6. The number of amides is 1. The summed E-state index contributed by atoms with van der Waals surface area (Å²) in [6, 6.07) is 8.87. The zero-order valence-electron chi connectivity index (χ0n) is 16.4. The number of carbonyl (C=O) groups excluding carboxylic acids is 1. The first-order chi connectivity index (χ1) is 13.1. The van der Waals surface area contributed by atoms with Crippen LogP contribution in [0.5, 0.6) is 0 Å². The number of likely N-dealkylation sites (tertiary alicyclic amines) is 1. The lowest BCUT2D eigenvalue weighted by molar-refractivity contribution is -0.129. The fraction of sp³-hybridized carbons (Fsp3) is 0.571. The summed E-state index contributed by atoms with van der Waals surface area (Å²) in [6.07, 6.45) is 3.84. The van der Waals surface area contributed by atoms with Crippen molar-refractivity contribution in [3.05, 3.63) is 30.1 Å². The average molecular weight is 367 g/mol. The predicted molar refractivity (Wildman–Crippen MR) is 108 cm³/mol. The summed E-state index contributed by atoms with van der Waals surface area (Å²) in [5.41, 5.74) is 1.01. The number of piperazine rings is 1. The average Bonchev–Trinajstić information content (AvgIpc) is 2.69. The first-order valence-electron chi connectivity index (χ1n) is 10.1. The van der Waals surface area contributed by atoms with E-state index in [0.717, 1.165) is 61.8 Å². The zero-order chi connectivity index (χ0) is 18.8. The Morgan fingerprint density at radius 1 is 1.07 bits per heavy atom. The van der Waals surface area contributed by atoms with Crippen LogP contribution in [-0.2, 0) is 11.3 Å². The minimum Gasteiger partial charge on any atom is -0.352 e. The molecule has 4 rings (SSSR count). The minimum atomic E-state index is 0.155. The van der Waals surface area contributed by atoms with Crippen LogP contribution >= 0.6 is 0 Å². The van der Waals surface area contributed by atoms with Crippen LogP contribution in [0.1, 0.15) is 38.9 Å². The van der Waals surface area contributed by atoms with Gasteiger partial charge in [0, 0.05) is 44.5 Å². The zero-order valence-corrected chi connectivity index (χ0v) is 16.4. The maximum Gasteiger partial charge on any atom is 0.219 e. The molecule has 0 N–H and O–H groups in total. The van der Waals surface area contributed by atoms with Gasteiger partial charge in [0.25, 0.3) is 0 Å². The Balaban J connectivity index is 1.62. The van der Waals surface area contributed by atoms with Gasteiger partial charge in [0.2, 0.25) is 5.91 Å². The van der Waals surface area contributed by atoms with Gasteiger partial charge in [-0.2, -0.15) is 0 Å². The molecule has 1 amide bonds. The summed E-state index contributed by atoms with van der Waals surface area (Å²) < 4.78 is 0. The van der Waals surface area contributed by atoms with Gasteiger partial charge in [0.15, 0.2) is 0 Å². The van der Waals surface area contributed by atoms with Gasteiger partial charge < -0.3 is 9.80 Å². The van der Waals surface area contributed by atoms with Crippen LogP contribution in [0.2, 0.25) is 0 Å². The molecular formula is C21H29N5O. The smallest absolute Gasteiger partial charge is 0.219 e. The highest BCUT2D eigenvalue weighted by molar-refractivity contribution is 5.89. The van der Waals surface area contributed by atoms with E-state index in [9.17, 15) is 4.79 Å². The van der Waals surface area contributed by atoms with Crippen molar-refractivity contribution in [3.8, 4) is 0 Å². The topological polar surface area (TPSA) is 52.6 Å². The molecule has 0 radical (unpaired) electrons. The number of para-hydroxylation sites is 1. The molecule has 2 aliphatic rings. The Labute approximate surface area is 161 Å². The number of hydrogen-bond acceptors (Lipinski definition) is 5. The number of benzene rings is 1. The van der Waals surface area contributed by atoms with Crippen LogP contribution in [0.15, 0.2) is 24.3 Å². The van der Waals surface area contributed by atoms with Crippen LogP contribution < -0.4 is 4.90 Å². The van der Waals surface area contributed by atoms with E-state index in [1.54, 1.807) is 6.92 Å². The molecule has 0 aliphatic carbocycles. The third-order valence-electron chi connectivity index (χ3n) is 5.94. The van der Waals surface area contributed by atoms with Crippen LogP contribution in [-0.4, -0.2) is 64.4 Å². The number of piperidine rings is 1. The van der Waals surface area contributed by atoms with E-state index >= 15 is 0 Å². The highest BCUT2D eigenvalue weighted by Crippen LogP contribution is 2.26. The Morgan fingerprint density at radius 3 is 2.59 bits per heavy atom. The van der Waals surface area contributed by atoms with Gasteiger partial charge in [-0.15, -0.1) is 0 Å². The number of anilines is 1. The van der Waals surface area contributed by atoms with Gasteiger partial charge in [-0.1, -0.05) is 18.6 Å². The SMILES string of the molecule is CC(=O)N1CCN(c2nc(CN3CCCCC3C)nc3ccccc23)CC1. The molecule has 2 aromatic rings. The molecule has 0 spiro atoms. The van der Waals surface area contributed by atoms with Crippen molar-refractivity contribution in [2.45, 2.75) is 45.7 Å². The second kappa shape index (κ2) is 7.80. The van der Waals surface area contributed by atoms with Gasteiger partial charge in [0.1, 0.15) is 11.6 Å². The molecular weight excluding hydrogens is 338 g/mol. The molecule has 6 heteroatoms. The largest absolute Gasteiger partial charge is 0.352 e. The molecule has 1 unspecified atom stereocenters. The van der Waals surface area contributed by atoms with E-state index in [1.165, 1.54) is 19.3 Å². The van der Waals surface area contributed by atoms with Gasteiger partial charge >= 0.3 is 0 Å². The normalized spacial score (nSPS) is 21.6. The third-order valence-corrected chi connectivity index (χ3v) is 5.94. The Morgan fingerprint density at radius 2 is 1.85 bits per heavy atom. The maximum atomic E-state index is 11.6. The lowest BCUT2D eigenvalue weighted by atomic mass is 10.0. The number of fused-ring (bicyclic) bond motifs is 1. The molecule has 0 saturated carbocycles. The van der Waals surface area contributed by atoms with Crippen molar-refractivity contribution in [2.24, 2.45) is 0 Å². The Bertz CT molecular complexity index is 815. The minimum absolute atomic E-state index is 0.155. The molecule has 2 fully saturated rings. The molecule has 2 aliphatic heterocycles. The quantitative estimate of drug-likeness (QED) is 0.835. The van der Waals surface area contributed by atoms with E-state index in [0.29, 0.717) is 6.04 Å². The standard InChI is InChI=1S/C21H29N5O/c1-16-7-5-6-10-26(16)15-20-22-19-9-4-3-8-18(19)21(23-20)25-13-11-24(12-14-25)17(2)27/h3-4,8-9,16H,5-7,10-15H2,1-2H3. The number of nitrogens with zero attached hydrogens (tertiary/aromatic N) is 5. The summed E-state index contributed by atoms with van der Waals surface area (Å²) >= 11 is 0. The summed E-state index contributed by atoms with van der Waals surface area (Å²) in [5.74, 6) is 2.08.